The highest BCUT2D eigenvalue weighted by atomic mass is 16.1. The Morgan fingerprint density at radius 1 is 1.44 bits per heavy atom. The van der Waals surface area contributed by atoms with Gasteiger partial charge in [0.05, 0.1) is 11.6 Å². The lowest BCUT2D eigenvalue weighted by Gasteiger charge is -2.04. The molecule has 1 amide bonds. The first kappa shape index (κ1) is 12.3. The highest BCUT2D eigenvalue weighted by Crippen LogP contribution is 2.04. The summed E-state index contributed by atoms with van der Waals surface area (Å²) < 4.78 is 0. The average Bonchev–Trinajstić information content (AvgIpc) is 2.34. The summed E-state index contributed by atoms with van der Waals surface area (Å²) >= 11 is 0. The number of nitrogens with one attached hydrogen (secondary N) is 1. The summed E-state index contributed by atoms with van der Waals surface area (Å²) in [6.45, 7) is 2.82. The van der Waals surface area contributed by atoms with E-state index in [1.54, 1.807) is 24.3 Å². The van der Waals surface area contributed by atoms with Gasteiger partial charge >= 0.3 is 0 Å². The van der Waals surface area contributed by atoms with Gasteiger partial charge in [-0.25, -0.2) is 0 Å². The van der Waals surface area contributed by atoms with Crippen molar-refractivity contribution in [1.82, 2.24) is 5.32 Å². The van der Waals surface area contributed by atoms with Gasteiger partial charge < -0.3 is 5.32 Å². The topological polar surface area (TPSA) is 52.9 Å². The molecule has 16 heavy (non-hydrogen) atoms. The maximum Gasteiger partial charge on any atom is 0.251 e. The molecular weight excluding hydrogens is 200 g/mol. The monoisotopic (exact) mass is 216 g/mol. The second-order valence-electron chi connectivity index (χ2n) is 3.66. The second-order valence-corrected chi connectivity index (χ2v) is 3.66. The number of carbonyl (C=O) groups excluding carboxylic acids is 1. The molecule has 0 radical (unpaired) electrons. The minimum Gasteiger partial charge on any atom is -0.352 e. The Hall–Kier alpha value is -1.82. The van der Waals surface area contributed by atoms with Crippen LogP contribution in [-0.2, 0) is 0 Å². The van der Waals surface area contributed by atoms with Gasteiger partial charge in [0.25, 0.3) is 5.91 Å². The van der Waals surface area contributed by atoms with Crippen LogP contribution in [0.2, 0.25) is 0 Å². The maximum absolute atomic E-state index is 11.7. The second kappa shape index (κ2) is 6.62. The lowest BCUT2D eigenvalue weighted by molar-refractivity contribution is 0.0953. The average molecular weight is 216 g/mol. The lowest BCUT2D eigenvalue weighted by atomic mass is 10.1. The van der Waals surface area contributed by atoms with Crippen molar-refractivity contribution in [3.05, 3.63) is 35.4 Å². The highest BCUT2D eigenvalue weighted by Gasteiger charge is 2.04. The number of hydrogen-bond donors (Lipinski definition) is 1. The molecule has 3 nitrogen and oxygen atoms in total. The quantitative estimate of drug-likeness (QED) is 0.769. The molecule has 0 aliphatic heterocycles. The van der Waals surface area contributed by atoms with Gasteiger partial charge in [0.15, 0.2) is 0 Å². The first-order chi connectivity index (χ1) is 7.77. The van der Waals surface area contributed by atoms with Crippen molar-refractivity contribution in [2.75, 3.05) is 6.54 Å². The number of unbranched alkanes of at least 4 members (excludes halogenated alkanes) is 2. The number of rotatable bonds is 5. The molecule has 0 fully saturated rings. The lowest BCUT2D eigenvalue weighted by Crippen LogP contribution is -2.24. The predicted octanol–water partition coefficient (Wildman–Crippen LogP) is 2.48. The summed E-state index contributed by atoms with van der Waals surface area (Å²) in [6, 6.07) is 8.75. The smallest absolute Gasteiger partial charge is 0.251 e. The van der Waals surface area contributed by atoms with Crippen molar-refractivity contribution in [2.24, 2.45) is 0 Å². The van der Waals surface area contributed by atoms with Crippen LogP contribution in [-0.4, -0.2) is 12.5 Å². The molecular formula is C13H16N2O. The maximum atomic E-state index is 11.7. The van der Waals surface area contributed by atoms with E-state index >= 15 is 0 Å². The van der Waals surface area contributed by atoms with Crippen LogP contribution in [0.4, 0.5) is 0 Å². The molecule has 3 heteroatoms. The largest absolute Gasteiger partial charge is 0.352 e. The minimum atomic E-state index is -0.104. The van der Waals surface area contributed by atoms with Gasteiger partial charge in [-0.2, -0.15) is 5.26 Å². The molecule has 1 aromatic rings. The van der Waals surface area contributed by atoms with Crippen molar-refractivity contribution >= 4 is 5.91 Å². The van der Waals surface area contributed by atoms with Gasteiger partial charge in [0, 0.05) is 12.1 Å². The fourth-order valence-electron chi connectivity index (χ4n) is 1.41. The van der Waals surface area contributed by atoms with Crippen LogP contribution in [0, 0.1) is 11.3 Å². The van der Waals surface area contributed by atoms with Gasteiger partial charge in [-0.1, -0.05) is 25.8 Å². The molecule has 0 atom stereocenters. The first-order valence-corrected chi connectivity index (χ1v) is 5.56. The zero-order chi connectivity index (χ0) is 11.8. The standard InChI is InChI=1S/C13H16N2O/c1-2-3-4-8-15-13(16)12-7-5-6-11(9-12)10-14/h5-7,9H,2-4,8H2,1H3,(H,15,16). The predicted molar refractivity (Wildman–Crippen MR) is 63.0 cm³/mol. The molecule has 0 heterocycles. The summed E-state index contributed by atoms with van der Waals surface area (Å²) in [5, 5.41) is 11.5. The molecule has 1 N–H and O–H groups in total. The van der Waals surface area contributed by atoms with Crippen LogP contribution >= 0.6 is 0 Å². The number of amides is 1. The Labute approximate surface area is 96.1 Å². The first-order valence-electron chi connectivity index (χ1n) is 5.56. The number of hydrogen-bond acceptors (Lipinski definition) is 2. The van der Waals surface area contributed by atoms with E-state index in [1.165, 1.54) is 0 Å². The van der Waals surface area contributed by atoms with Gasteiger partial charge in [0.2, 0.25) is 0 Å². The SMILES string of the molecule is CCCCCNC(=O)c1cccc(C#N)c1. The number of benzene rings is 1. The fourth-order valence-corrected chi connectivity index (χ4v) is 1.41. The van der Waals surface area contributed by atoms with Crippen LogP contribution in [0.1, 0.15) is 42.1 Å². The Kier molecular flexibility index (Phi) is 5.07. The van der Waals surface area contributed by atoms with Gasteiger partial charge in [-0.15, -0.1) is 0 Å². The summed E-state index contributed by atoms with van der Waals surface area (Å²) in [7, 11) is 0. The molecule has 0 aromatic heterocycles. The van der Waals surface area contributed by atoms with Crippen LogP contribution < -0.4 is 5.32 Å². The summed E-state index contributed by atoms with van der Waals surface area (Å²) in [4.78, 5) is 11.7. The summed E-state index contributed by atoms with van der Waals surface area (Å²) in [6.07, 6.45) is 3.26. The molecule has 1 aromatic carbocycles. The highest BCUT2D eigenvalue weighted by molar-refractivity contribution is 5.94. The number of nitrogens with zero attached hydrogens (tertiary/aromatic N) is 1. The van der Waals surface area contributed by atoms with Crippen molar-refractivity contribution in [3.8, 4) is 6.07 Å². The van der Waals surface area contributed by atoms with E-state index in [2.05, 4.69) is 12.2 Å². The third kappa shape index (κ3) is 3.74. The van der Waals surface area contributed by atoms with Crippen molar-refractivity contribution in [1.29, 1.82) is 5.26 Å². The third-order valence-electron chi connectivity index (χ3n) is 2.32. The van der Waals surface area contributed by atoms with Crippen LogP contribution in [0.5, 0.6) is 0 Å². The normalized spacial score (nSPS) is 9.50. The molecule has 1 rings (SSSR count). The Morgan fingerprint density at radius 3 is 2.94 bits per heavy atom. The third-order valence-corrected chi connectivity index (χ3v) is 2.32. The number of carbonyl (C=O) groups is 1. The summed E-state index contributed by atoms with van der Waals surface area (Å²) in [5.41, 5.74) is 1.07. The van der Waals surface area contributed by atoms with E-state index in [-0.39, 0.29) is 5.91 Å². The van der Waals surface area contributed by atoms with E-state index in [0.29, 0.717) is 17.7 Å². The van der Waals surface area contributed by atoms with Crippen molar-refractivity contribution in [2.45, 2.75) is 26.2 Å². The molecule has 0 unspecified atom stereocenters. The molecule has 0 saturated carbocycles. The summed E-state index contributed by atoms with van der Waals surface area (Å²) in [5.74, 6) is -0.104. The van der Waals surface area contributed by atoms with Crippen LogP contribution in [0.3, 0.4) is 0 Å². The molecule has 0 aliphatic carbocycles. The zero-order valence-electron chi connectivity index (χ0n) is 9.49. The minimum absolute atomic E-state index is 0.104. The molecule has 0 bridgehead atoms. The Morgan fingerprint density at radius 2 is 2.25 bits per heavy atom. The van der Waals surface area contributed by atoms with Gasteiger partial charge in [-0.05, 0) is 24.6 Å². The van der Waals surface area contributed by atoms with Crippen molar-refractivity contribution < 1.29 is 4.79 Å². The van der Waals surface area contributed by atoms with Crippen LogP contribution in [0.15, 0.2) is 24.3 Å². The van der Waals surface area contributed by atoms with Gasteiger partial charge in [-0.3, -0.25) is 4.79 Å². The van der Waals surface area contributed by atoms with E-state index in [0.717, 1.165) is 19.3 Å². The Balaban J connectivity index is 2.50. The fraction of sp³-hybridized carbons (Fsp3) is 0.385. The van der Waals surface area contributed by atoms with Crippen molar-refractivity contribution in [3.63, 3.8) is 0 Å². The molecule has 84 valence electrons. The van der Waals surface area contributed by atoms with E-state index < -0.39 is 0 Å². The van der Waals surface area contributed by atoms with E-state index in [1.807, 2.05) is 6.07 Å². The zero-order valence-corrected chi connectivity index (χ0v) is 9.49. The van der Waals surface area contributed by atoms with E-state index in [9.17, 15) is 4.79 Å². The molecule has 0 saturated heterocycles. The molecule has 0 spiro atoms. The van der Waals surface area contributed by atoms with E-state index in [4.69, 9.17) is 5.26 Å². The number of nitriles is 1. The van der Waals surface area contributed by atoms with Crippen LogP contribution in [0.25, 0.3) is 0 Å². The Bertz CT molecular complexity index is 393. The van der Waals surface area contributed by atoms with Gasteiger partial charge in [0.1, 0.15) is 0 Å². The molecule has 0 aliphatic rings.